The minimum absolute atomic E-state index is 0.0396. The molecule has 0 aromatic heterocycles. The van der Waals surface area contributed by atoms with Gasteiger partial charge in [0.2, 0.25) is 0 Å². The van der Waals surface area contributed by atoms with Crippen molar-refractivity contribution in [1.82, 2.24) is 4.90 Å². The molecule has 20 heavy (non-hydrogen) atoms. The predicted octanol–water partition coefficient (Wildman–Crippen LogP) is 0.497. The van der Waals surface area contributed by atoms with E-state index in [2.05, 4.69) is 5.32 Å². The molecule has 7 heteroatoms. The molecule has 0 heterocycles. The lowest BCUT2D eigenvalue weighted by atomic mass is 10.1. The second-order valence-electron chi connectivity index (χ2n) is 4.51. The molecule has 0 spiro atoms. The molecule has 0 atom stereocenters. The first kappa shape index (κ1) is 16.2. The number of benzene rings is 1. The number of nitrogens with one attached hydrogen (secondary N) is 1. The van der Waals surface area contributed by atoms with E-state index in [1.165, 1.54) is 6.07 Å². The van der Waals surface area contributed by atoms with E-state index < -0.39 is 11.7 Å². The normalized spacial score (nSPS) is 10.8. The summed E-state index contributed by atoms with van der Waals surface area (Å²) in [6.45, 7) is 2.66. The van der Waals surface area contributed by atoms with Gasteiger partial charge in [0.1, 0.15) is 5.82 Å². The van der Waals surface area contributed by atoms with Crippen LogP contribution in [0.25, 0.3) is 0 Å². The van der Waals surface area contributed by atoms with Gasteiger partial charge in [-0.05, 0) is 19.2 Å². The number of likely N-dealkylation sites (N-methyl/N-ethyl adjacent to an activating group) is 1. The SMILES string of the molecule is COCCN(C)CCNc1cc(C(N)=O)c(N)cc1F. The van der Waals surface area contributed by atoms with Gasteiger partial charge < -0.3 is 26.4 Å². The number of nitrogens with two attached hydrogens (primary N) is 2. The molecule has 0 aliphatic heterocycles. The van der Waals surface area contributed by atoms with Gasteiger partial charge in [-0.3, -0.25) is 4.79 Å². The van der Waals surface area contributed by atoms with Gasteiger partial charge in [-0.1, -0.05) is 0 Å². The van der Waals surface area contributed by atoms with Gasteiger partial charge in [0, 0.05) is 32.4 Å². The Bertz CT molecular complexity index is 468. The molecule has 0 aliphatic carbocycles. The highest BCUT2D eigenvalue weighted by Crippen LogP contribution is 2.21. The summed E-state index contributed by atoms with van der Waals surface area (Å²) in [7, 11) is 3.58. The molecule has 0 fully saturated rings. The van der Waals surface area contributed by atoms with Crippen molar-refractivity contribution in [3.8, 4) is 0 Å². The Morgan fingerprint density at radius 2 is 2.15 bits per heavy atom. The second-order valence-corrected chi connectivity index (χ2v) is 4.51. The number of ether oxygens (including phenoxy) is 1. The number of nitrogen functional groups attached to an aromatic ring is 1. The molecule has 1 aromatic rings. The van der Waals surface area contributed by atoms with E-state index in [1.54, 1.807) is 7.11 Å². The van der Waals surface area contributed by atoms with Crippen molar-refractivity contribution in [3.05, 3.63) is 23.5 Å². The highest BCUT2D eigenvalue weighted by molar-refractivity contribution is 5.99. The fourth-order valence-corrected chi connectivity index (χ4v) is 1.68. The minimum atomic E-state index is -0.678. The number of rotatable bonds is 8. The lowest BCUT2D eigenvalue weighted by molar-refractivity contribution is 0.100. The quantitative estimate of drug-likeness (QED) is 0.604. The van der Waals surface area contributed by atoms with Crippen LogP contribution in [0.4, 0.5) is 15.8 Å². The molecule has 1 amide bonds. The summed E-state index contributed by atoms with van der Waals surface area (Å²) in [5.74, 6) is -1.19. The number of carbonyl (C=O) groups excluding carboxylic acids is 1. The van der Waals surface area contributed by atoms with E-state index in [1.807, 2.05) is 11.9 Å². The van der Waals surface area contributed by atoms with E-state index in [0.29, 0.717) is 19.7 Å². The van der Waals surface area contributed by atoms with Gasteiger partial charge >= 0.3 is 0 Å². The van der Waals surface area contributed by atoms with E-state index in [0.717, 1.165) is 12.6 Å². The van der Waals surface area contributed by atoms with Crippen LogP contribution in [0.5, 0.6) is 0 Å². The average molecular weight is 284 g/mol. The van der Waals surface area contributed by atoms with E-state index >= 15 is 0 Å². The van der Waals surface area contributed by atoms with E-state index in [9.17, 15) is 9.18 Å². The van der Waals surface area contributed by atoms with Crippen molar-refractivity contribution in [2.75, 3.05) is 51.4 Å². The molecule has 0 saturated carbocycles. The van der Waals surface area contributed by atoms with Crippen LogP contribution in [0, 0.1) is 5.82 Å². The first-order chi connectivity index (χ1) is 9.45. The van der Waals surface area contributed by atoms with Crippen molar-refractivity contribution in [2.45, 2.75) is 0 Å². The molecule has 0 aliphatic rings. The van der Waals surface area contributed by atoms with Crippen molar-refractivity contribution in [1.29, 1.82) is 0 Å². The third kappa shape index (κ3) is 4.67. The highest BCUT2D eigenvalue weighted by Gasteiger charge is 2.11. The minimum Gasteiger partial charge on any atom is -0.398 e. The molecule has 1 aromatic carbocycles. The molecular weight excluding hydrogens is 263 g/mol. The number of halogens is 1. The summed E-state index contributed by atoms with van der Waals surface area (Å²) < 4.78 is 18.7. The summed E-state index contributed by atoms with van der Waals surface area (Å²) in [6, 6.07) is 2.43. The van der Waals surface area contributed by atoms with Crippen molar-refractivity contribution >= 4 is 17.3 Å². The van der Waals surface area contributed by atoms with Crippen molar-refractivity contribution in [2.24, 2.45) is 5.73 Å². The Morgan fingerprint density at radius 3 is 2.75 bits per heavy atom. The van der Waals surface area contributed by atoms with Gasteiger partial charge in [0.25, 0.3) is 5.91 Å². The zero-order valence-electron chi connectivity index (χ0n) is 11.8. The van der Waals surface area contributed by atoms with Crippen LogP contribution in [-0.4, -0.2) is 51.2 Å². The van der Waals surface area contributed by atoms with Crippen molar-refractivity contribution < 1.29 is 13.9 Å². The number of hydrogen-bond donors (Lipinski definition) is 3. The number of nitrogens with zero attached hydrogens (tertiary/aromatic N) is 1. The Morgan fingerprint density at radius 1 is 1.45 bits per heavy atom. The summed E-state index contributed by atoms with van der Waals surface area (Å²) in [5, 5.41) is 2.92. The highest BCUT2D eigenvalue weighted by atomic mass is 19.1. The van der Waals surface area contributed by atoms with Gasteiger partial charge in [-0.25, -0.2) is 4.39 Å². The molecule has 0 radical (unpaired) electrons. The summed E-state index contributed by atoms with van der Waals surface area (Å²) in [6.07, 6.45) is 0. The number of hydrogen-bond acceptors (Lipinski definition) is 5. The Labute approximate surface area is 117 Å². The molecule has 1 rings (SSSR count). The molecule has 6 nitrogen and oxygen atoms in total. The Kier molecular flexibility index (Phi) is 6.20. The lowest BCUT2D eigenvalue weighted by Gasteiger charge is -2.17. The van der Waals surface area contributed by atoms with Crippen LogP contribution < -0.4 is 16.8 Å². The third-order valence-corrected chi connectivity index (χ3v) is 2.89. The first-order valence-electron chi connectivity index (χ1n) is 6.26. The predicted molar refractivity (Wildman–Crippen MR) is 77.2 cm³/mol. The van der Waals surface area contributed by atoms with Crippen LogP contribution in [0.15, 0.2) is 12.1 Å². The maximum absolute atomic E-state index is 13.7. The summed E-state index contributed by atoms with van der Waals surface area (Å²) in [5.41, 5.74) is 11.1. The Hall–Kier alpha value is -1.86. The lowest BCUT2D eigenvalue weighted by Crippen LogP contribution is -2.28. The summed E-state index contributed by atoms with van der Waals surface area (Å²) in [4.78, 5) is 13.2. The number of anilines is 2. The van der Waals surface area contributed by atoms with Gasteiger partial charge in [-0.15, -0.1) is 0 Å². The zero-order valence-corrected chi connectivity index (χ0v) is 11.8. The molecule has 112 valence electrons. The largest absolute Gasteiger partial charge is 0.398 e. The number of primary amides is 1. The van der Waals surface area contributed by atoms with Gasteiger partial charge in [-0.2, -0.15) is 0 Å². The Balaban J connectivity index is 2.59. The maximum atomic E-state index is 13.7. The van der Waals surface area contributed by atoms with Crippen LogP contribution in [-0.2, 0) is 4.74 Å². The van der Waals surface area contributed by atoms with E-state index in [-0.39, 0.29) is 16.9 Å². The third-order valence-electron chi connectivity index (χ3n) is 2.89. The first-order valence-corrected chi connectivity index (χ1v) is 6.26. The van der Waals surface area contributed by atoms with Crippen LogP contribution in [0.3, 0.4) is 0 Å². The van der Waals surface area contributed by atoms with Crippen molar-refractivity contribution in [3.63, 3.8) is 0 Å². The molecule has 0 saturated heterocycles. The second kappa shape index (κ2) is 7.66. The van der Waals surface area contributed by atoms with Gasteiger partial charge in [0.15, 0.2) is 0 Å². The molecule has 0 bridgehead atoms. The van der Waals surface area contributed by atoms with Crippen LogP contribution >= 0.6 is 0 Å². The topological polar surface area (TPSA) is 93.6 Å². The van der Waals surface area contributed by atoms with Crippen LogP contribution in [0.2, 0.25) is 0 Å². The molecular formula is C13H21FN4O2. The number of amides is 1. The van der Waals surface area contributed by atoms with Gasteiger partial charge in [0.05, 0.1) is 17.9 Å². The fourth-order valence-electron chi connectivity index (χ4n) is 1.68. The smallest absolute Gasteiger partial charge is 0.250 e. The summed E-state index contributed by atoms with van der Waals surface area (Å²) >= 11 is 0. The zero-order chi connectivity index (χ0) is 15.1. The maximum Gasteiger partial charge on any atom is 0.250 e. The monoisotopic (exact) mass is 284 g/mol. The van der Waals surface area contributed by atoms with Crippen LogP contribution in [0.1, 0.15) is 10.4 Å². The average Bonchev–Trinajstić information content (AvgIpc) is 2.38. The molecule has 0 unspecified atom stereocenters. The molecule has 5 N–H and O–H groups in total. The standard InChI is InChI=1S/C13H21FN4O2/c1-18(5-6-20-2)4-3-17-12-7-9(13(16)19)11(15)8-10(12)14/h7-8,17H,3-6,15H2,1-2H3,(H2,16,19). The number of methoxy groups -OCH3 is 1. The fraction of sp³-hybridized carbons (Fsp3) is 0.462. The van der Waals surface area contributed by atoms with E-state index in [4.69, 9.17) is 16.2 Å². The number of carbonyl (C=O) groups is 1.